The van der Waals surface area contributed by atoms with Crippen molar-refractivity contribution in [1.82, 2.24) is 15.1 Å². The van der Waals surface area contributed by atoms with Crippen molar-refractivity contribution in [2.75, 3.05) is 13.7 Å². The first-order valence-electron chi connectivity index (χ1n) is 6.17. The van der Waals surface area contributed by atoms with Gasteiger partial charge in [0.05, 0.1) is 18.8 Å². The van der Waals surface area contributed by atoms with Crippen molar-refractivity contribution in [1.29, 1.82) is 0 Å². The summed E-state index contributed by atoms with van der Waals surface area (Å²) in [5.74, 6) is 0.907. The van der Waals surface area contributed by atoms with Gasteiger partial charge in [-0.3, -0.25) is 4.68 Å². The van der Waals surface area contributed by atoms with Crippen molar-refractivity contribution in [3.05, 3.63) is 47.3 Å². The Balaban J connectivity index is 2.08. The molecule has 0 radical (unpaired) electrons. The number of hydrogen-bond acceptors (Lipinski definition) is 3. The maximum absolute atomic E-state index is 5.33. The van der Waals surface area contributed by atoms with Crippen LogP contribution < -0.4 is 10.1 Å². The molecular weight excluding hydrogens is 226 g/mol. The first kappa shape index (κ1) is 11.3. The summed E-state index contributed by atoms with van der Waals surface area (Å²) >= 11 is 0. The van der Waals surface area contributed by atoms with Crippen LogP contribution in [0.25, 0.3) is 0 Å². The lowest BCUT2D eigenvalue weighted by Gasteiger charge is -2.27. The molecule has 3 rings (SSSR count). The van der Waals surface area contributed by atoms with Crippen molar-refractivity contribution in [3.8, 4) is 5.75 Å². The summed E-state index contributed by atoms with van der Waals surface area (Å²) < 4.78 is 7.25. The highest BCUT2D eigenvalue weighted by Gasteiger charge is 2.23. The Bertz CT molecular complexity index is 562. The van der Waals surface area contributed by atoms with Gasteiger partial charge in [-0.25, -0.2) is 0 Å². The zero-order chi connectivity index (χ0) is 12.5. The van der Waals surface area contributed by atoms with Gasteiger partial charge in [-0.1, -0.05) is 6.07 Å². The van der Waals surface area contributed by atoms with Crippen LogP contribution in [-0.2, 0) is 13.5 Å². The molecule has 2 aromatic rings. The molecule has 18 heavy (non-hydrogen) atoms. The van der Waals surface area contributed by atoms with Crippen molar-refractivity contribution in [2.45, 2.75) is 12.5 Å². The number of rotatable bonds is 2. The van der Waals surface area contributed by atoms with Gasteiger partial charge in [0.25, 0.3) is 0 Å². The number of benzene rings is 1. The molecule has 1 unspecified atom stereocenters. The Morgan fingerprint density at radius 1 is 1.39 bits per heavy atom. The Hall–Kier alpha value is -1.81. The summed E-state index contributed by atoms with van der Waals surface area (Å²) in [5.41, 5.74) is 3.87. The molecule has 0 bridgehead atoms. The topological polar surface area (TPSA) is 39.1 Å². The minimum absolute atomic E-state index is 0.205. The summed E-state index contributed by atoms with van der Waals surface area (Å²) in [5, 5.41) is 7.81. The zero-order valence-electron chi connectivity index (χ0n) is 10.7. The summed E-state index contributed by atoms with van der Waals surface area (Å²) in [6.45, 7) is 0.995. The first-order chi connectivity index (χ1) is 8.79. The van der Waals surface area contributed by atoms with E-state index in [1.54, 1.807) is 7.11 Å². The standard InChI is InChI=1S/C14H17N3O/c1-17-13(6-8-16-17)14-12-9-11(18-2)4-3-10(12)5-7-15-14/h3-4,6,8-9,14-15H,5,7H2,1-2H3. The molecule has 1 atom stereocenters. The summed E-state index contributed by atoms with van der Waals surface area (Å²) in [4.78, 5) is 0. The van der Waals surface area contributed by atoms with E-state index in [0.29, 0.717) is 0 Å². The number of hydrogen-bond donors (Lipinski definition) is 1. The van der Waals surface area contributed by atoms with Crippen LogP contribution in [-0.4, -0.2) is 23.4 Å². The first-order valence-corrected chi connectivity index (χ1v) is 6.17. The van der Waals surface area contributed by atoms with Crippen LogP contribution in [0.3, 0.4) is 0 Å². The molecule has 0 aliphatic carbocycles. The molecule has 4 heteroatoms. The van der Waals surface area contributed by atoms with Crippen molar-refractivity contribution < 1.29 is 4.74 Å². The van der Waals surface area contributed by atoms with Crippen molar-refractivity contribution >= 4 is 0 Å². The van der Waals surface area contributed by atoms with E-state index >= 15 is 0 Å². The zero-order valence-corrected chi connectivity index (χ0v) is 10.7. The van der Waals surface area contributed by atoms with Crippen LogP contribution in [0.4, 0.5) is 0 Å². The molecule has 1 aliphatic rings. The van der Waals surface area contributed by atoms with Gasteiger partial charge in [-0.15, -0.1) is 0 Å². The van der Waals surface area contributed by atoms with Crippen LogP contribution in [0.2, 0.25) is 0 Å². The van der Waals surface area contributed by atoms with E-state index in [1.165, 1.54) is 16.8 Å². The van der Waals surface area contributed by atoms with E-state index in [2.05, 4.69) is 28.6 Å². The van der Waals surface area contributed by atoms with Crippen LogP contribution >= 0.6 is 0 Å². The molecule has 1 aliphatic heterocycles. The van der Waals surface area contributed by atoms with Gasteiger partial charge in [-0.2, -0.15) is 5.10 Å². The number of aryl methyl sites for hydroxylation is 1. The minimum atomic E-state index is 0.205. The van der Waals surface area contributed by atoms with Gasteiger partial charge in [-0.05, 0) is 35.7 Å². The monoisotopic (exact) mass is 243 g/mol. The molecule has 1 N–H and O–H groups in total. The third-order valence-corrected chi connectivity index (χ3v) is 3.56. The van der Waals surface area contributed by atoms with E-state index in [0.717, 1.165) is 18.7 Å². The molecule has 2 heterocycles. The lowest BCUT2D eigenvalue weighted by Crippen LogP contribution is -2.31. The molecule has 0 spiro atoms. The van der Waals surface area contributed by atoms with E-state index in [-0.39, 0.29) is 6.04 Å². The van der Waals surface area contributed by atoms with Gasteiger partial charge in [0, 0.05) is 19.8 Å². The molecule has 0 fully saturated rings. The lowest BCUT2D eigenvalue weighted by molar-refractivity contribution is 0.412. The fraction of sp³-hybridized carbons (Fsp3) is 0.357. The molecule has 0 saturated carbocycles. The van der Waals surface area contributed by atoms with Gasteiger partial charge < -0.3 is 10.1 Å². The van der Waals surface area contributed by atoms with E-state index < -0.39 is 0 Å². The number of methoxy groups -OCH3 is 1. The predicted molar refractivity (Wildman–Crippen MR) is 69.8 cm³/mol. The number of fused-ring (bicyclic) bond motifs is 1. The second kappa shape index (κ2) is 4.46. The van der Waals surface area contributed by atoms with Gasteiger partial charge in [0.15, 0.2) is 0 Å². The van der Waals surface area contributed by atoms with Crippen LogP contribution in [0.5, 0.6) is 5.75 Å². The molecule has 1 aromatic heterocycles. The van der Waals surface area contributed by atoms with Crippen molar-refractivity contribution in [3.63, 3.8) is 0 Å². The van der Waals surface area contributed by atoms with Crippen LogP contribution in [0.1, 0.15) is 22.9 Å². The molecule has 4 nitrogen and oxygen atoms in total. The van der Waals surface area contributed by atoms with E-state index in [4.69, 9.17) is 4.74 Å². The Morgan fingerprint density at radius 2 is 2.28 bits per heavy atom. The Kier molecular flexibility index (Phi) is 2.80. The highest BCUT2D eigenvalue weighted by molar-refractivity contribution is 5.42. The number of nitrogens with one attached hydrogen (secondary N) is 1. The van der Waals surface area contributed by atoms with Gasteiger partial charge >= 0.3 is 0 Å². The largest absolute Gasteiger partial charge is 0.497 e. The van der Waals surface area contributed by atoms with Crippen molar-refractivity contribution in [2.24, 2.45) is 7.05 Å². The Labute approximate surface area is 107 Å². The van der Waals surface area contributed by atoms with E-state index in [1.807, 2.05) is 24.0 Å². The maximum Gasteiger partial charge on any atom is 0.119 e. The molecule has 0 amide bonds. The summed E-state index contributed by atoms with van der Waals surface area (Å²) in [6, 6.07) is 8.59. The second-order valence-electron chi connectivity index (χ2n) is 4.58. The highest BCUT2D eigenvalue weighted by Crippen LogP contribution is 2.31. The number of nitrogens with zero attached hydrogens (tertiary/aromatic N) is 2. The maximum atomic E-state index is 5.33. The normalized spacial score (nSPS) is 18.4. The molecule has 94 valence electrons. The van der Waals surface area contributed by atoms with E-state index in [9.17, 15) is 0 Å². The quantitative estimate of drug-likeness (QED) is 0.872. The predicted octanol–water partition coefficient (Wildman–Crippen LogP) is 1.66. The van der Waals surface area contributed by atoms with Gasteiger partial charge in [0.1, 0.15) is 5.75 Å². The smallest absolute Gasteiger partial charge is 0.119 e. The molecule has 1 aromatic carbocycles. The molecular formula is C14H17N3O. The second-order valence-corrected chi connectivity index (χ2v) is 4.58. The fourth-order valence-electron chi connectivity index (χ4n) is 2.59. The average molecular weight is 243 g/mol. The van der Waals surface area contributed by atoms with Crippen LogP contribution in [0.15, 0.2) is 30.5 Å². The third kappa shape index (κ3) is 1.78. The summed E-state index contributed by atoms with van der Waals surface area (Å²) in [6.07, 6.45) is 2.90. The fourth-order valence-corrected chi connectivity index (χ4v) is 2.59. The van der Waals surface area contributed by atoms with Crippen LogP contribution in [0, 0.1) is 0 Å². The highest BCUT2D eigenvalue weighted by atomic mass is 16.5. The third-order valence-electron chi connectivity index (χ3n) is 3.56. The number of ether oxygens (including phenoxy) is 1. The lowest BCUT2D eigenvalue weighted by atomic mass is 9.92. The average Bonchev–Trinajstić information content (AvgIpc) is 2.83. The van der Waals surface area contributed by atoms with Gasteiger partial charge in [0.2, 0.25) is 0 Å². The number of aromatic nitrogens is 2. The molecule has 0 saturated heterocycles. The Morgan fingerprint density at radius 3 is 3.00 bits per heavy atom. The minimum Gasteiger partial charge on any atom is -0.497 e. The SMILES string of the molecule is COc1ccc2c(c1)C(c1ccnn1C)NCC2. The summed E-state index contributed by atoms with van der Waals surface area (Å²) in [7, 11) is 3.68.